The van der Waals surface area contributed by atoms with E-state index in [0.717, 1.165) is 47.0 Å². The van der Waals surface area contributed by atoms with E-state index >= 15 is 0 Å². The molecular formula is C38H30Cl2HfO2. The van der Waals surface area contributed by atoms with E-state index in [1.165, 1.54) is 43.1 Å². The maximum atomic E-state index is 5.86. The van der Waals surface area contributed by atoms with Gasteiger partial charge in [-0.2, -0.15) is 0 Å². The van der Waals surface area contributed by atoms with Crippen LogP contribution in [0.5, 0.6) is 0 Å². The van der Waals surface area contributed by atoms with Gasteiger partial charge in [-0.05, 0) is 35.0 Å². The van der Waals surface area contributed by atoms with Crippen LogP contribution in [0.2, 0.25) is 0 Å². The molecule has 2 aromatic heterocycles. The Morgan fingerprint density at radius 1 is 0.488 bits per heavy atom. The minimum atomic E-state index is 0. The maximum absolute atomic E-state index is 5.86. The van der Waals surface area contributed by atoms with Gasteiger partial charge < -0.3 is 33.6 Å². The van der Waals surface area contributed by atoms with Crippen LogP contribution in [0, 0.1) is 0 Å². The maximum Gasteiger partial charge on any atom is 4.00 e. The summed E-state index contributed by atoms with van der Waals surface area (Å²) in [6, 6.07) is 42.9. The van der Waals surface area contributed by atoms with E-state index in [4.69, 9.17) is 8.83 Å². The Morgan fingerprint density at radius 3 is 1.30 bits per heavy atom. The first kappa shape index (κ1) is 32.5. The quantitative estimate of drug-likeness (QED) is 0.185. The van der Waals surface area contributed by atoms with E-state index in [9.17, 15) is 0 Å². The van der Waals surface area contributed by atoms with Gasteiger partial charge in [0, 0.05) is 12.8 Å². The summed E-state index contributed by atoms with van der Waals surface area (Å²) in [5, 5.41) is 10.3. The van der Waals surface area contributed by atoms with E-state index in [1.807, 2.05) is 0 Å². The van der Waals surface area contributed by atoms with Gasteiger partial charge in [0.05, 0.1) is 23.0 Å². The Labute approximate surface area is 283 Å². The summed E-state index contributed by atoms with van der Waals surface area (Å²) in [4.78, 5) is 0. The van der Waals surface area contributed by atoms with Crippen LogP contribution in [-0.4, -0.2) is 0 Å². The first-order chi connectivity index (χ1) is 19.7. The van der Waals surface area contributed by atoms with Gasteiger partial charge in [-0.25, -0.2) is 0 Å². The molecule has 0 spiro atoms. The van der Waals surface area contributed by atoms with Gasteiger partial charge in [-0.15, -0.1) is 57.9 Å². The standard InChI is InChI=1S/2C19H15O.2ClH.Hf/c2*1-2-16-9-10-19(20-16)15-11-14-8-7-13-5-3-4-6-17(13)18(14)12-15;;;/h2*3-12H,2H2,1H3;2*1H;/q2*-1;;;+4/p-2. The summed E-state index contributed by atoms with van der Waals surface area (Å²) in [5.41, 5.74) is 2.33. The molecule has 0 radical (unpaired) electrons. The number of rotatable bonds is 4. The number of hydrogen-bond donors (Lipinski definition) is 0. The molecule has 8 rings (SSSR count). The van der Waals surface area contributed by atoms with Gasteiger partial charge in [0.2, 0.25) is 0 Å². The Bertz CT molecular complexity index is 1960. The van der Waals surface area contributed by atoms with Gasteiger partial charge in [-0.3, -0.25) is 0 Å². The average molecular weight is 768 g/mol. The van der Waals surface area contributed by atoms with Crippen molar-refractivity contribution in [2.24, 2.45) is 0 Å². The number of halogens is 2. The first-order valence-corrected chi connectivity index (χ1v) is 14.0. The Hall–Kier alpha value is -3.37. The van der Waals surface area contributed by atoms with Crippen molar-refractivity contribution < 1.29 is 59.5 Å². The molecule has 2 nitrogen and oxygen atoms in total. The second kappa shape index (κ2) is 13.9. The van der Waals surface area contributed by atoms with Gasteiger partial charge in [0.15, 0.2) is 0 Å². The zero-order valence-electron chi connectivity index (χ0n) is 24.0. The third-order valence-electron chi connectivity index (χ3n) is 7.82. The largest absolute Gasteiger partial charge is 4.00 e. The smallest absolute Gasteiger partial charge is 1.00 e. The minimum absolute atomic E-state index is 0. The molecule has 0 amide bonds. The molecule has 2 heterocycles. The van der Waals surface area contributed by atoms with Crippen molar-refractivity contribution in [2.75, 3.05) is 0 Å². The van der Waals surface area contributed by atoms with E-state index < -0.39 is 0 Å². The second-order valence-electron chi connectivity index (χ2n) is 10.3. The fraction of sp³-hybridized carbons (Fsp3) is 0.105. The van der Waals surface area contributed by atoms with Crippen LogP contribution in [0.3, 0.4) is 0 Å². The zero-order valence-corrected chi connectivity index (χ0v) is 29.1. The number of benzene rings is 4. The van der Waals surface area contributed by atoms with Crippen LogP contribution < -0.4 is 24.8 Å². The second-order valence-corrected chi connectivity index (χ2v) is 10.3. The summed E-state index contributed by atoms with van der Waals surface area (Å²) in [7, 11) is 0. The molecule has 0 atom stereocenters. The van der Waals surface area contributed by atoms with E-state index in [-0.39, 0.29) is 50.7 Å². The monoisotopic (exact) mass is 768 g/mol. The zero-order chi connectivity index (χ0) is 27.1. The molecule has 0 aliphatic heterocycles. The number of hydrogen-bond acceptors (Lipinski definition) is 2. The van der Waals surface area contributed by atoms with Gasteiger partial charge in [0.1, 0.15) is 0 Å². The third-order valence-corrected chi connectivity index (χ3v) is 7.82. The van der Waals surface area contributed by atoms with Gasteiger partial charge in [-0.1, -0.05) is 96.4 Å². The van der Waals surface area contributed by atoms with E-state index in [1.54, 1.807) is 0 Å². The molecule has 0 unspecified atom stereocenters. The summed E-state index contributed by atoms with van der Waals surface area (Å²) in [5.74, 6) is 3.99. The summed E-state index contributed by atoms with van der Waals surface area (Å²) in [6.45, 7) is 4.22. The molecule has 5 heteroatoms. The minimum Gasteiger partial charge on any atom is -1.00 e. The van der Waals surface area contributed by atoms with Gasteiger partial charge >= 0.3 is 25.8 Å². The number of fused-ring (bicyclic) bond motifs is 6. The molecule has 8 aromatic rings. The van der Waals surface area contributed by atoms with Crippen LogP contribution in [-0.2, 0) is 38.7 Å². The summed E-state index contributed by atoms with van der Waals surface area (Å²) in [6.07, 6.45) is 1.87. The van der Waals surface area contributed by atoms with Crippen molar-refractivity contribution in [1.82, 2.24) is 0 Å². The Balaban J connectivity index is 0.000000184. The SMILES string of the molecule is CCc1ccc(-c2cc3c(ccc4ccccc43)[cH-]2)o1.CCc1ccc(-c2cc3c(ccc4ccccc43)[cH-]2)o1.[Cl-].[Cl-].[Hf+4]. The number of furan rings is 2. The van der Waals surface area contributed by atoms with Crippen LogP contribution in [0.15, 0.2) is 130 Å². The van der Waals surface area contributed by atoms with Crippen molar-refractivity contribution in [3.8, 4) is 22.6 Å². The molecule has 0 aliphatic rings. The first-order valence-electron chi connectivity index (χ1n) is 14.0. The van der Waals surface area contributed by atoms with E-state index in [2.05, 4.69) is 135 Å². The molecule has 6 aromatic carbocycles. The van der Waals surface area contributed by atoms with Crippen LogP contribution in [0.1, 0.15) is 25.4 Å². The van der Waals surface area contributed by atoms with Crippen molar-refractivity contribution in [1.29, 1.82) is 0 Å². The predicted octanol–water partition coefficient (Wildman–Crippen LogP) is 5.07. The molecule has 0 saturated heterocycles. The molecule has 0 fully saturated rings. The van der Waals surface area contributed by atoms with Crippen molar-refractivity contribution in [3.63, 3.8) is 0 Å². The molecule has 43 heavy (non-hydrogen) atoms. The fourth-order valence-corrected chi connectivity index (χ4v) is 5.66. The van der Waals surface area contributed by atoms with Crippen molar-refractivity contribution in [2.45, 2.75) is 26.7 Å². The van der Waals surface area contributed by atoms with Crippen LogP contribution in [0.4, 0.5) is 0 Å². The van der Waals surface area contributed by atoms with Gasteiger partial charge in [0.25, 0.3) is 0 Å². The molecule has 0 aliphatic carbocycles. The molecule has 0 bridgehead atoms. The Morgan fingerprint density at radius 2 is 0.907 bits per heavy atom. The fourth-order valence-electron chi connectivity index (χ4n) is 5.66. The predicted molar refractivity (Wildman–Crippen MR) is 168 cm³/mol. The van der Waals surface area contributed by atoms with Crippen molar-refractivity contribution >= 4 is 43.1 Å². The van der Waals surface area contributed by atoms with E-state index in [0.29, 0.717) is 0 Å². The number of aryl methyl sites for hydroxylation is 2. The molecule has 212 valence electrons. The Kier molecular flexibility index (Phi) is 10.6. The molecule has 0 N–H and O–H groups in total. The topological polar surface area (TPSA) is 26.3 Å². The van der Waals surface area contributed by atoms with Crippen molar-refractivity contribution in [3.05, 3.63) is 133 Å². The summed E-state index contributed by atoms with van der Waals surface area (Å²) >= 11 is 0. The average Bonchev–Trinajstić information content (AvgIpc) is 3.82. The molecular weight excluding hydrogens is 738 g/mol. The van der Waals surface area contributed by atoms with Crippen LogP contribution in [0.25, 0.3) is 65.7 Å². The molecule has 0 saturated carbocycles. The summed E-state index contributed by atoms with van der Waals surface area (Å²) < 4.78 is 11.7. The third kappa shape index (κ3) is 6.31. The normalized spacial score (nSPS) is 10.7. The van der Waals surface area contributed by atoms with Crippen LogP contribution >= 0.6 is 0 Å².